The highest BCUT2D eigenvalue weighted by Gasteiger charge is 2.35. The molecule has 0 aliphatic carbocycles. The summed E-state index contributed by atoms with van der Waals surface area (Å²) in [5, 5.41) is 2.31. The molecule has 0 radical (unpaired) electrons. The van der Waals surface area contributed by atoms with Gasteiger partial charge in [-0.3, -0.25) is 4.79 Å². The van der Waals surface area contributed by atoms with Gasteiger partial charge in [-0.1, -0.05) is 11.6 Å². The maximum absolute atomic E-state index is 12.9. The molecule has 3 saturated heterocycles. The predicted octanol–water partition coefficient (Wildman–Crippen LogP) is 2.97. The molecule has 0 saturated carbocycles. The fourth-order valence-corrected chi connectivity index (χ4v) is 3.55. The second kappa shape index (κ2) is 6.28. The molecule has 4 nitrogen and oxygen atoms in total. The molecule has 2 bridgehead atoms. The van der Waals surface area contributed by atoms with Crippen molar-refractivity contribution in [3.05, 3.63) is 28.5 Å². The van der Waals surface area contributed by atoms with Gasteiger partial charge < -0.3 is 10.2 Å². The predicted molar refractivity (Wildman–Crippen MR) is 79.3 cm³/mol. The van der Waals surface area contributed by atoms with E-state index in [0.717, 1.165) is 45.1 Å². The Kier molecular flexibility index (Phi) is 4.51. The van der Waals surface area contributed by atoms with E-state index in [2.05, 4.69) is 15.2 Å². The van der Waals surface area contributed by atoms with E-state index < -0.39 is 22.7 Å². The number of piperidine rings is 1. The first-order chi connectivity index (χ1) is 10.8. The summed E-state index contributed by atoms with van der Waals surface area (Å²) in [6.07, 6.45) is -0.642. The summed E-state index contributed by atoms with van der Waals surface area (Å²) >= 11 is 5.52. The number of nitrogens with zero attached hydrogens (tertiary/aromatic N) is 2. The number of halogens is 4. The van der Waals surface area contributed by atoms with Gasteiger partial charge in [0.2, 0.25) is 0 Å². The van der Waals surface area contributed by atoms with Crippen LogP contribution in [0.25, 0.3) is 0 Å². The first-order valence-corrected chi connectivity index (χ1v) is 7.96. The molecule has 4 heterocycles. The molecule has 1 N–H and O–H groups in total. The zero-order chi connectivity index (χ0) is 16.6. The lowest BCUT2D eigenvalue weighted by Gasteiger charge is -2.26. The lowest BCUT2D eigenvalue weighted by Crippen LogP contribution is -2.42. The van der Waals surface area contributed by atoms with Gasteiger partial charge in [-0.2, -0.15) is 13.2 Å². The van der Waals surface area contributed by atoms with Crippen molar-refractivity contribution >= 4 is 17.5 Å². The molecule has 23 heavy (non-hydrogen) atoms. The minimum Gasteiger partial charge on any atom is -0.347 e. The molecular weight excluding hydrogens is 331 g/mol. The molecule has 3 aliphatic heterocycles. The molecular formula is C15H17ClF3N3O. The third kappa shape index (κ3) is 3.77. The zero-order valence-electron chi connectivity index (χ0n) is 12.4. The summed E-state index contributed by atoms with van der Waals surface area (Å²) in [7, 11) is 0. The largest absolute Gasteiger partial charge is 0.417 e. The van der Waals surface area contributed by atoms with Crippen LogP contribution in [-0.2, 0) is 6.18 Å². The number of alkyl halides is 3. The molecule has 3 aliphatic rings. The van der Waals surface area contributed by atoms with E-state index >= 15 is 0 Å². The van der Waals surface area contributed by atoms with Crippen molar-refractivity contribution < 1.29 is 18.0 Å². The first-order valence-electron chi connectivity index (χ1n) is 7.59. The molecule has 1 unspecified atom stereocenters. The van der Waals surface area contributed by atoms with E-state index in [1.165, 1.54) is 0 Å². The van der Waals surface area contributed by atoms with Gasteiger partial charge in [-0.15, -0.1) is 0 Å². The van der Waals surface area contributed by atoms with Crippen molar-refractivity contribution in [3.8, 4) is 0 Å². The molecule has 1 aromatic rings. The van der Waals surface area contributed by atoms with Gasteiger partial charge >= 0.3 is 6.18 Å². The summed E-state index contributed by atoms with van der Waals surface area (Å²) < 4.78 is 38.6. The molecule has 4 rings (SSSR count). The van der Waals surface area contributed by atoms with E-state index in [1.54, 1.807) is 0 Å². The Balaban J connectivity index is 1.73. The van der Waals surface area contributed by atoms with Crippen LogP contribution in [0.2, 0.25) is 5.02 Å². The van der Waals surface area contributed by atoms with Crippen LogP contribution in [0.1, 0.15) is 35.3 Å². The van der Waals surface area contributed by atoms with Gasteiger partial charge in [-0.05, 0) is 44.3 Å². The topological polar surface area (TPSA) is 45.2 Å². The monoisotopic (exact) mass is 347 g/mol. The Hall–Kier alpha value is -1.34. The first kappa shape index (κ1) is 16.5. The number of pyridine rings is 1. The maximum atomic E-state index is 12.9. The third-order valence-corrected chi connectivity index (χ3v) is 4.83. The Morgan fingerprint density at radius 3 is 2.70 bits per heavy atom. The van der Waals surface area contributed by atoms with Crippen LogP contribution in [-0.4, -0.2) is 41.5 Å². The number of hydrogen-bond donors (Lipinski definition) is 1. The van der Waals surface area contributed by atoms with Gasteiger partial charge in [0.05, 0.1) is 10.6 Å². The van der Waals surface area contributed by atoms with Crippen LogP contribution in [0.4, 0.5) is 13.2 Å². The van der Waals surface area contributed by atoms with E-state index in [-0.39, 0.29) is 11.7 Å². The average Bonchev–Trinajstić information content (AvgIpc) is 2.78. The van der Waals surface area contributed by atoms with Gasteiger partial charge in [0.15, 0.2) is 0 Å². The highest BCUT2D eigenvalue weighted by molar-refractivity contribution is 6.31. The standard InChI is InChI=1S/C15H17ClF3N3O/c16-12-7-20-13(6-11(12)15(17,18)19)14(23)21-10-5-9-1-3-22(8-10)4-2-9/h6-7,9-10H,1-5,8H2,(H,21,23). The molecule has 1 atom stereocenters. The summed E-state index contributed by atoms with van der Waals surface area (Å²) in [5.74, 6) is -0.0115. The average molecular weight is 348 g/mol. The van der Waals surface area contributed by atoms with E-state index in [9.17, 15) is 18.0 Å². The van der Waals surface area contributed by atoms with Crippen molar-refractivity contribution in [2.45, 2.75) is 31.5 Å². The quantitative estimate of drug-likeness (QED) is 0.894. The lowest BCUT2D eigenvalue weighted by molar-refractivity contribution is -0.137. The second-order valence-electron chi connectivity index (χ2n) is 6.20. The number of aromatic nitrogens is 1. The summed E-state index contributed by atoms with van der Waals surface area (Å²) in [5.41, 5.74) is -1.29. The summed E-state index contributed by atoms with van der Waals surface area (Å²) in [6, 6.07) is 0.660. The molecule has 1 aromatic heterocycles. The number of rotatable bonds is 2. The molecule has 0 aromatic carbocycles. The van der Waals surface area contributed by atoms with Crippen LogP contribution < -0.4 is 5.32 Å². The number of carbonyl (C=O) groups excluding carboxylic acids is 1. The van der Waals surface area contributed by atoms with Crippen molar-refractivity contribution in [1.82, 2.24) is 15.2 Å². The van der Waals surface area contributed by atoms with E-state index in [1.807, 2.05) is 0 Å². The molecule has 3 fully saturated rings. The number of carbonyl (C=O) groups is 1. The van der Waals surface area contributed by atoms with Gasteiger partial charge in [0.1, 0.15) is 5.69 Å². The highest BCUT2D eigenvalue weighted by atomic mass is 35.5. The molecule has 1 amide bonds. The Morgan fingerprint density at radius 1 is 1.35 bits per heavy atom. The molecule has 126 valence electrons. The van der Waals surface area contributed by atoms with Crippen molar-refractivity contribution in [2.24, 2.45) is 5.92 Å². The summed E-state index contributed by atoms with van der Waals surface area (Å²) in [6.45, 7) is 2.78. The van der Waals surface area contributed by atoms with Gasteiger partial charge in [0.25, 0.3) is 5.91 Å². The van der Waals surface area contributed by atoms with E-state index in [4.69, 9.17) is 11.6 Å². The minimum atomic E-state index is -4.61. The van der Waals surface area contributed by atoms with Crippen LogP contribution in [0.5, 0.6) is 0 Å². The van der Waals surface area contributed by atoms with E-state index in [0.29, 0.717) is 12.0 Å². The lowest BCUT2D eigenvalue weighted by atomic mass is 9.94. The van der Waals surface area contributed by atoms with Crippen molar-refractivity contribution in [2.75, 3.05) is 19.6 Å². The van der Waals surface area contributed by atoms with Crippen LogP contribution in [0, 0.1) is 5.92 Å². The van der Waals surface area contributed by atoms with Gasteiger partial charge in [0, 0.05) is 18.8 Å². The highest BCUT2D eigenvalue weighted by Crippen LogP contribution is 2.34. The number of nitrogens with one attached hydrogen (secondary N) is 1. The second-order valence-corrected chi connectivity index (χ2v) is 6.60. The zero-order valence-corrected chi connectivity index (χ0v) is 13.1. The SMILES string of the molecule is O=C(NC1CC2CCN(CC2)C1)c1cc(C(F)(F)F)c(Cl)cn1. The van der Waals surface area contributed by atoms with Crippen molar-refractivity contribution in [3.63, 3.8) is 0 Å². The smallest absolute Gasteiger partial charge is 0.347 e. The van der Waals surface area contributed by atoms with Crippen LogP contribution >= 0.6 is 11.6 Å². The minimum absolute atomic E-state index is 0.0516. The number of hydrogen-bond acceptors (Lipinski definition) is 3. The van der Waals surface area contributed by atoms with Crippen LogP contribution in [0.15, 0.2) is 12.3 Å². The summed E-state index contributed by atoms with van der Waals surface area (Å²) in [4.78, 5) is 18.3. The number of amides is 1. The Morgan fingerprint density at radius 2 is 2.04 bits per heavy atom. The van der Waals surface area contributed by atoms with Crippen molar-refractivity contribution in [1.29, 1.82) is 0 Å². The fraction of sp³-hybridized carbons (Fsp3) is 0.600. The Bertz CT molecular complexity index is 586. The van der Waals surface area contributed by atoms with Crippen LogP contribution in [0.3, 0.4) is 0 Å². The fourth-order valence-electron chi connectivity index (χ4n) is 3.34. The Labute approximate surface area is 137 Å². The number of fused-ring (bicyclic) bond motifs is 4. The van der Waals surface area contributed by atoms with Gasteiger partial charge in [-0.25, -0.2) is 4.98 Å². The normalized spacial score (nSPS) is 27.6. The third-order valence-electron chi connectivity index (χ3n) is 4.53. The maximum Gasteiger partial charge on any atom is 0.417 e. The molecule has 8 heteroatoms. The molecule has 0 spiro atoms.